The van der Waals surface area contributed by atoms with E-state index < -0.39 is 0 Å². The largest absolute Gasteiger partial charge is 0.494 e. The van der Waals surface area contributed by atoms with Gasteiger partial charge in [-0.15, -0.1) is 0 Å². The zero-order valence-electron chi connectivity index (χ0n) is 12.6. The normalized spacial score (nSPS) is 10.2. The standard InChI is InChI=1S/C17H20N2O2/c1-4-21-15-9-13(8-14(18)10-15)17(20)19-16-7-11(2)5-6-12(16)3/h5-10H,4,18H2,1-3H3,(H,19,20). The van der Waals surface area contributed by atoms with Crippen molar-refractivity contribution in [2.75, 3.05) is 17.7 Å². The van der Waals surface area contributed by atoms with Crippen molar-refractivity contribution < 1.29 is 9.53 Å². The lowest BCUT2D eigenvalue weighted by molar-refractivity contribution is 0.102. The molecule has 1 amide bonds. The van der Waals surface area contributed by atoms with Crippen molar-refractivity contribution in [1.82, 2.24) is 0 Å². The van der Waals surface area contributed by atoms with Gasteiger partial charge in [0.2, 0.25) is 0 Å². The summed E-state index contributed by atoms with van der Waals surface area (Å²) in [5.41, 5.74) is 9.73. The van der Waals surface area contributed by atoms with Gasteiger partial charge >= 0.3 is 0 Å². The molecule has 0 heterocycles. The van der Waals surface area contributed by atoms with Gasteiger partial charge in [0.1, 0.15) is 5.75 Å². The van der Waals surface area contributed by atoms with Crippen molar-refractivity contribution in [2.45, 2.75) is 20.8 Å². The molecule has 0 unspecified atom stereocenters. The van der Waals surface area contributed by atoms with E-state index in [2.05, 4.69) is 5.32 Å². The van der Waals surface area contributed by atoms with E-state index in [9.17, 15) is 4.79 Å². The molecule has 4 heteroatoms. The topological polar surface area (TPSA) is 64.3 Å². The molecule has 0 aliphatic rings. The average Bonchev–Trinajstić information content (AvgIpc) is 2.42. The lowest BCUT2D eigenvalue weighted by Gasteiger charge is -2.11. The monoisotopic (exact) mass is 284 g/mol. The Balaban J connectivity index is 2.25. The first-order valence-corrected chi connectivity index (χ1v) is 6.91. The Bertz CT molecular complexity index is 666. The Morgan fingerprint density at radius 1 is 1.19 bits per heavy atom. The zero-order chi connectivity index (χ0) is 15.4. The van der Waals surface area contributed by atoms with Gasteiger partial charge < -0.3 is 15.8 Å². The van der Waals surface area contributed by atoms with E-state index in [1.165, 1.54) is 0 Å². The van der Waals surface area contributed by atoms with Gasteiger partial charge in [-0.25, -0.2) is 0 Å². The molecule has 0 radical (unpaired) electrons. The van der Waals surface area contributed by atoms with Crippen molar-refractivity contribution in [1.29, 1.82) is 0 Å². The number of nitrogens with two attached hydrogens (primary N) is 1. The number of anilines is 2. The lowest BCUT2D eigenvalue weighted by atomic mass is 10.1. The van der Waals surface area contributed by atoms with E-state index in [1.807, 2.05) is 39.0 Å². The maximum absolute atomic E-state index is 12.4. The third-order valence-electron chi connectivity index (χ3n) is 3.14. The van der Waals surface area contributed by atoms with Crippen LogP contribution >= 0.6 is 0 Å². The molecule has 0 saturated heterocycles. The number of benzene rings is 2. The third-order valence-corrected chi connectivity index (χ3v) is 3.14. The minimum Gasteiger partial charge on any atom is -0.494 e. The minimum atomic E-state index is -0.197. The number of aryl methyl sites for hydroxylation is 2. The predicted molar refractivity (Wildman–Crippen MR) is 85.9 cm³/mol. The maximum Gasteiger partial charge on any atom is 0.255 e. The molecule has 0 aromatic heterocycles. The van der Waals surface area contributed by atoms with E-state index in [4.69, 9.17) is 10.5 Å². The highest BCUT2D eigenvalue weighted by molar-refractivity contribution is 6.05. The fraction of sp³-hybridized carbons (Fsp3) is 0.235. The molecule has 0 spiro atoms. The van der Waals surface area contributed by atoms with Crippen LogP contribution in [0, 0.1) is 13.8 Å². The highest BCUT2D eigenvalue weighted by Crippen LogP contribution is 2.21. The van der Waals surface area contributed by atoms with Crippen molar-refractivity contribution >= 4 is 17.3 Å². The van der Waals surface area contributed by atoms with Crippen LogP contribution in [0.5, 0.6) is 5.75 Å². The fourth-order valence-electron chi connectivity index (χ4n) is 2.07. The molecule has 2 aromatic carbocycles. The number of carbonyl (C=O) groups excluding carboxylic acids is 1. The Hall–Kier alpha value is -2.49. The quantitative estimate of drug-likeness (QED) is 0.844. The summed E-state index contributed by atoms with van der Waals surface area (Å²) < 4.78 is 5.41. The molecule has 4 nitrogen and oxygen atoms in total. The van der Waals surface area contributed by atoms with Gasteiger partial charge in [0, 0.05) is 23.0 Å². The van der Waals surface area contributed by atoms with Crippen LogP contribution in [0.2, 0.25) is 0 Å². The highest BCUT2D eigenvalue weighted by Gasteiger charge is 2.10. The van der Waals surface area contributed by atoms with Crippen LogP contribution in [0.15, 0.2) is 36.4 Å². The highest BCUT2D eigenvalue weighted by atomic mass is 16.5. The van der Waals surface area contributed by atoms with Gasteiger partial charge in [0.15, 0.2) is 0 Å². The summed E-state index contributed by atoms with van der Waals surface area (Å²) in [6.45, 7) is 6.36. The number of hydrogen-bond donors (Lipinski definition) is 2. The van der Waals surface area contributed by atoms with Crippen LogP contribution in [0.4, 0.5) is 11.4 Å². The molecular weight excluding hydrogens is 264 g/mol. The van der Waals surface area contributed by atoms with Gasteiger partial charge in [-0.05, 0) is 50.1 Å². The summed E-state index contributed by atoms with van der Waals surface area (Å²) in [4.78, 5) is 12.4. The van der Waals surface area contributed by atoms with Gasteiger partial charge in [-0.1, -0.05) is 12.1 Å². The first-order chi connectivity index (χ1) is 9.99. The summed E-state index contributed by atoms with van der Waals surface area (Å²) >= 11 is 0. The lowest BCUT2D eigenvalue weighted by Crippen LogP contribution is -2.13. The summed E-state index contributed by atoms with van der Waals surface area (Å²) in [6, 6.07) is 11.0. The molecule has 3 N–H and O–H groups in total. The second-order valence-corrected chi connectivity index (χ2v) is 5.00. The van der Waals surface area contributed by atoms with E-state index in [1.54, 1.807) is 18.2 Å². The van der Waals surface area contributed by atoms with Crippen LogP contribution in [0.3, 0.4) is 0 Å². The number of rotatable bonds is 4. The van der Waals surface area contributed by atoms with E-state index in [-0.39, 0.29) is 5.91 Å². The maximum atomic E-state index is 12.4. The van der Waals surface area contributed by atoms with Gasteiger partial charge in [0.05, 0.1) is 6.61 Å². The summed E-state index contributed by atoms with van der Waals surface area (Å²) in [6.07, 6.45) is 0. The van der Waals surface area contributed by atoms with Crippen LogP contribution in [-0.4, -0.2) is 12.5 Å². The van der Waals surface area contributed by atoms with E-state index >= 15 is 0 Å². The average molecular weight is 284 g/mol. The first kappa shape index (κ1) is 14.9. The Labute approximate surface area is 124 Å². The molecule has 0 saturated carbocycles. The molecule has 110 valence electrons. The third kappa shape index (κ3) is 3.75. The van der Waals surface area contributed by atoms with Crippen molar-refractivity contribution in [2.24, 2.45) is 0 Å². The first-order valence-electron chi connectivity index (χ1n) is 6.91. The molecule has 0 aliphatic carbocycles. The molecule has 2 aromatic rings. The SMILES string of the molecule is CCOc1cc(N)cc(C(=O)Nc2cc(C)ccc2C)c1. The minimum absolute atomic E-state index is 0.197. The molecular formula is C17H20N2O2. The second kappa shape index (κ2) is 6.31. The summed E-state index contributed by atoms with van der Waals surface area (Å²) in [5, 5.41) is 2.91. The van der Waals surface area contributed by atoms with Gasteiger partial charge in [-0.3, -0.25) is 4.79 Å². The molecule has 0 aliphatic heterocycles. The Morgan fingerprint density at radius 2 is 1.95 bits per heavy atom. The summed E-state index contributed by atoms with van der Waals surface area (Å²) in [7, 11) is 0. The van der Waals surface area contributed by atoms with Crippen molar-refractivity contribution in [3.8, 4) is 5.75 Å². The van der Waals surface area contributed by atoms with Gasteiger partial charge in [-0.2, -0.15) is 0 Å². The van der Waals surface area contributed by atoms with Crippen molar-refractivity contribution in [3.05, 3.63) is 53.1 Å². The fourth-order valence-corrected chi connectivity index (χ4v) is 2.07. The number of nitrogens with one attached hydrogen (secondary N) is 1. The number of amides is 1. The zero-order valence-corrected chi connectivity index (χ0v) is 12.6. The van der Waals surface area contributed by atoms with Gasteiger partial charge in [0.25, 0.3) is 5.91 Å². The molecule has 2 rings (SSSR count). The van der Waals surface area contributed by atoms with Crippen LogP contribution in [-0.2, 0) is 0 Å². The van der Waals surface area contributed by atoms with Crippen LogP contribution < -0.4 is 15.8 Å². The number of carbonyl (C=O) groups is 1. The molecule has 0 bridgehead atoms. The summed E-state index contributed by atoms with van der Waals surface area (Å²) in [5.74, 6) is 0.403. The molecule has 0 fully saturated rings. The second-order valence-electron chi connectivity index (χ2n) is 5.00. The van der Waals surface area contributed by atoms with E-state index in [0.717, 1.165) is 16.8 Å². The number of nitrogen functional groups attached to an aromatic ring is 1. The van der Waals surface area contributed by atoms with Crippen LogP contribution in [0.25, 0.3) is 0 Å². The molecule has 0 atom stereocenters. The molecule has 21 heavy (non-hydrogen) atoms. The predicted octanol–water partition coefficient (Wildman–Crippen LogP) is 3.54. The van der Waals surface area contributed by atoms with Crippen LogP contribution in [0.1, 0.15) is 28.4 Å². The van der Waals surface area contributed by atoms with E-state index in [0.29, 0.717) is 23.6 Å². The Morgan fingerprint density at radius 3 is 2.67 bits per heavy atom. The number of ether oxygens (including phenoxy) is 1. The smallest absolute Gasteiger partial charge is 0.255 e. The number of hydrogen-bond acceptors (Lipinski definition) is 3. The van der Waals surface area contributed by atoms with Crippen molar-refractivity contribution in [3.63, 3.8) is 0 Å². The Kier molecular flexibility index (Phi) is 4.48.